The predicted molar refractivity (Wildman–Crippen MR) is 99.6 cm³/mol. The van der Waals surface area contributed by atoms with Crippen LogP contribution in [0.25, 0.3) is 0 Å². The van der Waals surface area contributed by atoms with Gasteiger partial charge < -0.3 is 10.1 Å². The van der Waals surface area contributed by atoms with Crippen molar-refractivity contribution in [1.82, 2.24) is 4.31 Å². The average molecular weight is 392 g/mol. The highest BCUT2D eigenvalue weighted by molar-refractivity contribution is 7.89. The van der Waals surface area contributed by atoms with Gasteiger partial charge in [0.2, 0.25) is 10.0 Å². The molecule has 1 aliphatic heterocycles. The highest BCUT2D eigenvalue weighted by atomic mass is 32.2. The molecule has 2 aromatic rings. The summed E-state index contributed by atoms with van der Waals surface area (Å²) in [5.74, 6) is -0.798. The molecule has 1 N–H and O–H groups in total. The summed E-state index contributed by atoms with van der Waals surface area (Å²) in [7, 11) is -3.65. The van der Waals surface area contributed by atoms with E-state index in [1.165, 1.54) is 52.8 Å². The first-order chi connectivity index (χ1) is 12.8. The maximum Gasteiger partial charge on any atom is 0.255 e. The molecule has 27 heavy (non-hydrogen) atoms. The Balaban J connectivity index is 1.74. The normalized spacial score (nSPS) is 21.0. The van der Waals surface area contributed by atoms with Gasteiger partial charge in [0.25, 0.3) is 5.91 Å². The van der Waals surface area contributed by atoms with E-state index in [0.29, 0.717) is 24.3 Å². The summed E-state index contributed by atoms with van der Waals surface area (Å²) in [5, 5.41) is 2.64. The zero-order valence-corrected chi connectivity index (χ0v) is 15.9. The molecule has 8 heteroatoms. The molecule has 1 saturated heterocycles. The summed E-state index contributed by atoms with van der Waals surface area (Å²) in [4.78, 5) is 12.4. The van der Waals surface area contributed by atoms with Crippen LogP contribution in [0.4, 0.5) is 10.1 Å². The molecule has 0 bridgehead atoms. The Morgan fingerprint density at radius 3 is 2.15 bits per heavy atom. The van der Waals surface area contributed by atoms with E-state index >= 15 is 0 Å². The van der Waals surface area contributed by atoms with Gasteiger partial charge in [0, 0.05) is 24.3 Å². The van der Waals surface area contributed by atoms with Crippen LogP contribution in [0.1, 0.15) is 24.2 Å². The SMILES string of the molecule is C[C@H]1CN(S(=O)(=O)c2ccc(C(=O)Nc3ccc(F)cc3)cc2)C[C@H](C)O1. The van der Waals surface area contributed by atoms with E-state index in [1.54, 1.807) is 0 Å². The Labute approximate surface area is 158 Å². The number of anilines is 1. The van der Waals surface area contributed by atoms with Crippen molar-refractivity contribution in [3.63, 3.8) is 0 Å². The zero-order chi connectivity index (χ0) is 19.6. The molecule has 0 aromatic heterocycles. The number of morpholine rings is 1. The van der Waals surface area contributed by atoms with Crippen molar-refractivity contribution in [2.45, 2.75) is 31.0 Å². The number of hydrogen-bond acceptors (Lipinski definition) is 4. The Morgan fingerprint density at radius 2 is 1.59 bits per heavy atom. The first kappa shape index (κ1) is 19.5. The van der Waals surface area contributed by atoms with Gasteiger partial charge in [0.15, 0.2) is 0 Å². The highest BCUT2D eigenvalue weighted by Crippen LogP contribution is 2.22. The van der Waals surface area contributed by atoms with Crippen molar-refractivity contribution in [3.8, 4) is 0 Å². The van der Waals surface area contributed by atoms with Crippen molar-refractivity contribution in [3.05, 3.63) is 59.9 Å². The summed E-state index contributed by atoms with van der Waals surface area (Å²) < 4.78 is 45.5. The Morgan fingerprint density at radius 1 is 1.04 bits per heavy atom. The number of benzene rings is 2. The largest absolute Gasteiger partial charge is 0.373 e. The monoisotopic (exact) mass is 392 g/mol. The van der Waals surface area contributed by atoms with E-state index in [2.05, 4.69) is 5.32 Å². The quantitative estimate of drug-likeness (QED) is 0.868. The number of carbonyl (C=O) groups excluding carboxylic acids is 1. The lowest BCUT2D eigenvalue weighted by atomic mass is 10.2. The molecule has 2 atom stereocenters. The fourth-order valence-corrected chi connectivity index (χ4v) is 4.58. The number of nitrogens with zero attached hydrogens (tertiary/aromatic N) is 1. The van der Waals surface area contributed by atoms with E-state index in [1.807, 2.05) is 13.8 Å². The minimum atomic E-state index is -3.65. The molecule has 144 valence electrons. The molecule has 0 radical (unpaired) electrons. The van der Waals surface area contributed by atoms with E-state index in [4.69, 9.17) is 4.74 Å². The lowest BCUT2D eigenvalue weighted by Gasteiger charge is -2.34. The van der Waals surface area contributed by atoms with Gasteiger partial charge in [-0.25, -0.2) is 12.8 Å². The second kappa shape index (κ2) is 7.75. The lowest BCUT2D eigenvalue weighted by molar-refractivity contribution is -0.0440. The maximum absolute atomic E-state index is 12.9. The number of ether oxygens (including phenoxy) is 1. The van der Waals surface area contributed by atoms with E-state index < -0.39 is 21.7 Å². The molecule has 2 aromatic carbocycles. The minimum absolute atomic E-state index is 0.127. The number of nitrogens with one attached hydrogen (secondary N) is 1. The fraction of sp³-hybridized carbons (Fsp3) is 0.316. The third-order valence-electron chi connectivity index (χ3n) is 4.24. The summed E-state index contributed by atoms with van der Waals surface area (Å²) in [6.45, 7) is 4.25. The second-order valence-electron chi connectivity index (χ2n) is 6.56. The van der Waals surface area contributed by atoms with Crippen molar-refractivity contribution in [1.29, 1.82) is 0 Å². The van der Waals surface area contributed by atoms with Crippen LogP contribution in [0.3, 0.4) is 0 Å². The molecule has 6 nitrogen and oxygen atoms in total. The van der Waals surface area contributed by atoms with Gasteiger partial charge in [0.1, 0.15) is 5.82 Å². The van der Waals surface area contributed by atoms with Gasteiger partial charge >= 0.3 is 0 Å². The number of sulfonamides is 1. The van der Waals surface area contributed by atoms with Gasteiger partial charge in [-0.15, -0.1) is 0 Å². The van der Waals surface area contributed by atoms with Gasteiger partial charge in [-0.3, -0.25) is 4.79 Å². The van der Waals surface area contributed by atoms with E-state index in [0.717, 1.165) is 0 Å². The Kier molecular flexibility index (Phi) is 5.59. The zero-order valence-electron chi connectivity index (χ0n) is 15.1. The molecule has 1 aliphatic rings. The topological polar surface area (TPSA) is 75.7 Å². The van der Waals surface area contributed by atoms with Crippen LogP contribution in [0.2, 0.25) is 0 Å². The van der Waals surface area contributed by atoms with Crippen molar-refractivity contribution in [2.24, 2.45) is 0 Å². The van der Waals surface area contributed by atoms with Crippen LogP contribution < -0.4 is 5.32 Å². The second-order valence-corrected chi connectivity index (χ2v) is 8.50. The van der Waals surface area contributed by atoms with Gasteiger partial charge in [-0.2, -0.15) is 4.31 Å². The number of hydrogen-bond donors (Lipinski definition) is 1. The molecule has 0 unspecified atom stereocenters. The Hall–Kier alpha value is -2.29. The number of rotatable bonds is 4. The maximum atomic E-state index is 12.9. The van der Waals surface area contributed by atoms with Crippen LogP contribution >= 0.6 is 0 Å². The predicted octanol–water partition coefficient (Wildman–Crippen LogP) is 2.88. The van der Waals surface area contributed by atoms with Gasteiger partial charge in [-0.05, 0) is 62.4 Å². The molecule has 0 aliphatic carbocycles. The molecule has 1 heterocycles. The number of halogens is 1. The van der Waals surface area contributed by atoms with Crippen LogP contribution in [0.5, 0.6) is 0 Å². The number of amides is 1. The number of carbonyl (C=O) groups is 1. The lowest BCUT2D eigenvalue weighted by Crippen LogP contribution is -2.48. The molecular weight excluding hydrogens is 371 g/mol. The highest BCUT2D eigenvalue weighted by Gasteiger charge is 2.32. The van der Waals surface area contributed by atoms with Crippen LogP contribution in [0, 0.1) is 5.82 Å². The molecular formula is C19H21FN2O4S. The molecule has 3 rings (SSSR count). The smallest absolute Gasteiger partial charge is 0.255 e. The average Bonchev–Trinajstić information content (AvgIpc) is 2.63. The standard InChI is InChI=1S/C19H21FN2O4S/c1-13-11-22(12-14(2)26-13)27(24,25)18-9-3-15(4-10-18)19(23)21-17-7-5-16(20)6-8-17/h3-10,13-14H,11-12H2,1-2H3,(H,21,23)/t13-,14-/m0/s1. The van der Waals surface area contributed by atoms with Crippen LogP contribution in [-0.4, -0.2) is 43.9 Å². The molecule has 1 fully saturated rings. The fourth-order valence-electron chi connectivity index (χ4n) is 2.99. The summed E-state index contributed by atoms with van der Waals surface area (Å²) in [6, 6.07) is 11.1. The van der Waals surface area contributed by atoms with Crippen LogP contribution in [0.15, 0.2) is 53.4 Å². The minimum Gasteiger partial charge on any atom is -0.373 e. The first-order valence-corrected chi connectivity index (χ1v) is 10.0. The van der Waals surface area contributed by atoms with Crippen molar-refractivity contribution in [2.75, 3.05) is 18.4 Å². The van der Waals surface area contributed by atoms with Gasteiger partial charge in [-0.1, -0.05) is 0 Å². The van der Waals surface area contributed by atoms with Crippen molar-refractivity contribution >= 4 is 21.6 Å². The van der Waals surface area contributed by atoms with Gasteiger partial charge in [0.05, 0.1) is 17.1 Å². The third-order valence-corrected chi connectivity index (χ3v) is 6.09. The van der Waals surface area contributed by atoms with Crippen LogP contribution in [-0.2, 0) is 14.8 Å². The van der Waals surface area contributed by atoms with Crippen molar-refractivity contribution < 1.29 is 22.3 Å². The Bertz CT molecular complexity index is 904. The molecule has 0 spiro atoms. The summed E-state index contributed by atoms with van der Waals surface area (Å²) >= 11 is 0. The summed E-state index contributed by atoms with van der Waals surface area (Å²) in [5.41, 5.74) is 0.761. The van der Waals surface area contributed by atoms with E-state index in [9.17, 15) is 17.6 Å². The molecule has 0 saturated carbocycles. The first-order valence-electron chi connectivity index (χ1n) is 8.58. The summed E-state index contributed by atoms with van der Waals surface area (Å²) in [6.07, 6.45) is -0.353. The third kappa shape index (κ3) is 4.52. The molecule has 1 amide bonds. The van der Waals surface area contributed by atoms with E-state index in [-0.39, 0.29) is 17.1 Å².